The van der Waals surface area contributed by atoms with Crippen molar-refractivity contribution in [1.82, 2.24) is 24.7 Å². The van der Waals surface area contributed by atoms with E-state index in [4.69, 9.17) is 13.9 Å². The highest BCUT2D eigenvalue weighted by molar-refractivity contribution is 7.93. The van der Waals surface area contributed by atoms with Crippen molar-refractivity contribution in [3.05, 3.63) is 60.6 Å². The summed E-state index contributed by atoms with van der Waals surface area (Å²) in [6, 6.07) is 9.32. The van der Waals surface area contributed by atoms with Crippen LogP contribution in [-0.2, 0) is 10.0 Å². The third kappa shape index (κ3) is 6.27. The topological polar surface area (TPSA) is 125 Å². The molecule has 220 valence electrons. The van der Waals surface area contributed by atoms with Gasteiger partial charge >= 0.3 is 0 Å². The van der Waals surface area contributed by atoms with E-state index in [2.05, 4.69) is 39.8 Å². The van der Waals surface area contributed by atoms with Crippen LogP contribution in [0.15, 0.2) is 53.4 Å². The van der Waals surface area contributed by atoms with Crippen molar-refractivity contribution in [2.45, 2.75) is 50.7 Å². The molecule has 11 nitrogen and oxygen atoms in total. The van der Waals surface area contributed by atoms with Gasteiger partial charge in [0.05, 0.1) is 38.1 Å². The highest BCUT2D eigenvalue weighted by Crippen LogP contribution is 2.40. The van der Waals surface area contributed by atoms with Crippen LogP contribution in [0.4, 0.5) is 10.3 Å². The Labute approximate surface area is 240 Å². The largest absolute Gasteiger partial charge is 0.494 e. The van der Waals surface area contributed by atoms with Crippen LogP contribution in [-0.4, -0.2) is 67.2 Å². The molecule has 0 aliphatic rings. The van der Waals surface area contributed by atoms with Gasteiger partial charge in [0.25, 0.3) is 0 Å². The number of nitrogens with zero attached hydrogens (tertiary/aromatic N) is 6. The molecule has 4 rings (SSSR count). The number of hydrogen-bond donors (Lipinski definition) is 0. The Hall–Kier alpha value is -3.78. The molecule has 0 radical (unpaired) electrons. The van der Waals surface area contributed by atoms with E-state index in [0.717, 1.165) is 12.4 Å². The molecule has 0 fully saturated rings. The number of sulfonamides is 1. The van der Waals surface area contributed by atoms with Crippen LogP contribution in [0.5, 0.6) is 11.5 Å². The predicted octanol–water partition coefficient (Wildman–Crippen LogP) is 5.14. The number of para-hydroxylation sites is 1. The van der Waals surface area contributed by atoms with E-state index in [9.17, 15) is 12.8 Å². The van der Waals surface area contributed by atoms with Gasteiger partial charge in [0.15, 0.2) is 11.6 Å². The van der Waals surface area contributed by atoms with E-state index in [0.29, 0.717) is 29.0 Å². The number of ether oxygens (including phenoxy) is 2. The molecule has 41 heavy (non-hydrogen) atoms. The quantitative estimate of drug-likeness (QED) is 0.203. The van der Waals surface area contributed by atoms with E-state index in [-0.39, 0.29) is 24.1 Å². The Bertz CT molecular complexity index is 1550. The fourth-order valence-corrected chi connectivity index (χ4v) is 7.05. The molecular formula is C27H35FN6O5SSi. The number of anilines is 1. The lowest BCUT2D eigenvalue weighted by molar-refractivity contribution is 0.391. The van der Waals surface area contributed by atoms with E-state index >= 15 is 0 Å². The van der Waals surface area contributed by atoms with Crippen molar-refractivity contribution in [2.24, 2.45) is 0 Å². The summed E-state index contributed by atoms with van der Waals surface area (Å²) in [5.41, 5.74) is 0.416. The zero-order valence-corrected chi connectivity index (χ0v) is 26.0. The molecule has 4 aromatic rings. The van der Waals surface area contributed by atoms with Crippen LogP contribution in [0, 0.1) is 5.82 Å². The molecule has 0 amide bonds. The van der Waals surface area contributed by atoms with E-state index in [1.807, 2.05) is 0 Å². The molecule has 0 unspecified atom stereocenters. The first-order chi connectivity index (χ1) is 19.4. The fourth-order valence-electron chi connectivity index (χ4n) is 4.26. The van der Waals surface area contributed by atoms with Gasteiger partial charge in [0, 0.05) is 20.5 Å². The van der Waals surface area contributed by atoms with Crippen molar-refractivity contribution >= 4 is 24.0 Å². The monoisotopic (exact) mass is 602 g/mol. The van der Waals surface area contributed by atoms with Crippen molar-refractivity contribution < 1.29 is 26.7 Å². The summed E-state index contributed by atoms with van der Waals surface area (Å²) in [5.74, 6) is 0.496. The lowest BCUT2D eigenvalue weighted by Crippen LogP contribution is -2.43. The summed E-state index contributed by atoms with van der Waals surface area (Å²) >= 11 is 0. The standard InChI is InChI=1S/C27H35FN6O5SSi/c1-18(25-29-16-20(28)17-30-25)19(2)40(35,36)33(13-15-41(5,6)7)27-32-31-26(23-12-9-14-39-23)34(27)24-21(37-3)10-8-11-22(24)38-4/h8-12,14,16-19H,13,15H2,1-7H3/t18-,19-/m1/s1. The summed E-state index contributed by atoms with van der Waals surface area (Å²) in [7, 11) is -2.82. The van der Waals surface area contributed by atoms with Crippen LogP contribution in [0.25, 0.3) is 17.3 Å². The molecule has 3 aromatic heterocycles. The number of rotatable bonds is 12. The molecule has 0 bridgehead atoms. The van der Waals surface area contributed by atoms with Crippen LogP contribution < -0.4 is 13.8 Å². The van der Waals surface area contributed by atoms with Gasteiger partial charge < -0.3 is 13.9 Å². The summed E-state index contributed by atoms with van der Waals surface area (Å²) in [6.45, 7) is 9.95. The van der Waals surface area contributed by atoms with E-state index < -0.39 is 35.1 Å². The van der Waals surface area contributed by atoms with Gasteiger partial charge in [-0.25, -0.2) is 27.1 Å². The second-order valence-electron chi connectivity index (χ2n) is 10.8. The molecule has 0 N–H and O–H groups in total. The Kier molecular flexibility index (Phi) is 8.82. The highest BCUT2D eigenvalue weighted by Gasteiger charge is 2.39. The molecular weight excluding hydrogens is 567 g/mol. The van der Waals surface area contributed by atoms with Gasteiger partial charge in [-0.3, -0.25) is 4.57 Å². The van der Waals surface area contributed by atoms with Gasteiger partial charge in [-0.15, -0.1) is 10.2 Å². The Morgan fingerprint density at radius 1 is 1.02 bits per heavy atom. The molecule has 1 aromatic carbocycles. The van der Waals surface area contributed by atoms with Crippen LogP contribution in [0.2, 0.25) is 25.7 Å². The Morgan fingerprint density at radius 3 is 2.20 bits per heavy atom. The molecule has 0 saturated heterocycles. The summed E-state index contributed by atoms with van der Waals surface area (Å²) in [6.07, 6.45) is 3.56. The SMILES string of the molecule is COc1cccc(OC)c1-n1c(-c2ccco2)nnc1N(CC[Si](C)(C)C)S(=O)(=O)[C@H](C)[C@@H](C)c1ncc(F)cn1. The summed E-state index contributed by atoms with van der Waals surface area (Å²) in [4.78, 5) is 8.08. The van der Waals surface area contributed by atoms with E-state index in [1.165, 1.54) is 24.8 Å². The first kappa shape index (κ1) is 30.2. The summed E-state index contributed by atoms with van der Waals surface area (Å²) in [5, 5.41) is 7.81. The third-order valence-electron chi connectivity index (χ3n) is 6.83. The number of furan rings is 1. The fraction of sp³-hybridized carbons (Fsp3) is 0.407. The first-order valence-electron chi connectivity index (χ1n) is 13.1. The summed E-state index contributed by atoms with van der Waals surface area (Å²) < 4.78 is 62.3. The maximum absolute atomic E-state index is 14.5. The number of benzene rings is 1. The van der Waals surface area contributed by atoms with Gasteiger partial charge in [-0.05, 0) is 37.2 Å². The van der Waals surface area contributed by atoms with E-state index in [1.54, 1.807) is 48.7 Å². The zero-order valence-electron chi connectivity index (χ0n) is 24.2. The van der Waals surface area contributed by atoms with Crippen LogP contribution >= 0.6 is 0 Å². The molecule has 0 spiro atoms. The Balaban J connectivity index is 1.95. The van der Waals surface area contributed by atoms with Gasteiger partial charge in [-0.1, -0.05) is 32.6 Å². The molecule has 2 atom stereocenters. The number of halogens is 1. The lowest BCUT2D eigenvalue weighted by Gasteiger charge is -2.31. The van der Waals surface area contributed by atoms with Gasteiger partial charge in [-0.2, -0.15) is 0 Å². The van der Waals surface area contributed by atoms with Crippen molar-refractivity contribution in [2.75, 3.05) is 25.1 Å². The minimum Gasteiger partial charge on any atom is -0.494 e. The van der Waals surface area contributed by atoms with Crippen LogP contribution in [0.1, 0.15) is 25.6 Å². The zero-order chi connectivity index (χ0) is 29.9. The maximum atomic E-state index is 14.5. The van der Waals surface area contributed by atoms with Crippen molar-refractivity contribution in [3.8, 4) is 28.8 Å². The van der Waals surface area contributed by atoms with Gasteiger partial charge in [0.2, 0.25) is 21.8 Å². The smallest absolute Gasteiger partial charge is 0.246 e. The first-order valence-corrected chi connectivity index (χ1v) is 18.3. The Morgan fingerprint density at radius 2 is 1.66 bits per heavy atom. The average Bonchev–Trinajstić information content (AvgIpc) is 3.62. The third-order valence-corrected chi connectivity index (χ3v) is 10.9. The van der Waals surface area contributed by atoms with Crippen molar-refractivity contribution in [1.29, 1.82) is 0 Å². The average molecular weight is 603 g/mol. The van der Waals surface area contributed by atoms with Gasteiger partial charge in [0.1, 0.15) is 23.0 Å². The second kappa shape index (κ2) is 12.0. The minimum absolute atomic E-state index is 0.0523. The van der Waals surface area contributed by atoms with Crippen molar-refractivity contribution in [3.63, 3.8) is 0 Å². The normalized spacial score (nSPS) is 13.6. The highest BCUT2D eigenvalue weighted by atomic mass is 32.2. The molecule has 0 saturated carbocycles. The van der Waals surface area contributed by atoms with Crippen LogP contribution in [0.3, 0.4) is 0 Å². The molecule has 3 heterocycles. The molecule has 0 aliphatic carbocycles. The molecule has 14 heteroatoms. The second-order valence-corrected chi connectivity index (χ2v) is 18.7. The lowest BCUT2D eigenvalue weighted by atomic mass is 10.1. The predicted molar refractivity (Wildman–Crippen MR) is 156 cm³/mol. The maximum Gasteiger partial charge on any atom is 0.246 e. The molecule has 0 aliphatic heterocycles. The number of hydrogen-bond acceptors (Lipinski definition) is 9. The number of methoxy groups -OCH3 is 2. The number of aromatic nitrogens is 5. The minimum atomic E-state index is -4.11.